The number of amides is 1. The monoisotopic (exact) mass is 352 g/mol. The first-order chi connectivity index (χ1) is 12.6. The summed E-state index contributed by atoms with van der Waals surface area (Å²) in [6.07, 6.45) is 5.27. The van der Waals surface area contributed by atoms with Crippen molar-refractivity contribution in [2.45, 2.75) is 44.1 Å². The fourth-order valence-electron chi connectivity index (χ4n) is 3.97. The van der Waals surface area contributed by atoms with Crippen molar-refractivity contribution in [3.63, 3.8) is 0 Å². The molecule has 0 saturated heterocycles. The lowest BCUT2D eigenvalue weighted by Crippen LogP contribution is -2.44. The van der Waals surface area contributed by atoms with Crippen molar-refractivity contribution < 1.29 is 9.18 Å². The molecule has 1 aliphatic rings. The molecule has 0 bridgehead atoms. The summed E-state index contributed by atoms with van der Waals surface area (Å²) in [6.45, 7) is 1.90. The third-order valence-electron chi connectivity index (χ3n) is 5.34. The van der Waals surface area contributed by atoms with E-state index in [-0.39, 0.29) is 17.8 Å². The van der Waals surface area contributed by atoms with Crippen LogP contribution < -0.4 is 5.32 Å². The highest BCUT2D eigenvalue weighted by Crippen LogP contribution is 2.42. The summed E-state index contributed by atoms with van der Waals surface area (Å²) in [6, 6.07) is 11.8. The molecule has 1 fully saturated rings. The molecule has 0 aliphatic heterocycles. The number of fused-ring (bicyclic) bond motifs is 1. The second-order valence-corrected chi connectivity index (χ2v) is 6.98. The van der Waals surface area contributed by atoms with Gasteiger partial charge < -0.3 is 5.32 Å². The Hall–Kier alpha value is -2.76. The van der Waals surface area contributed by atoms with E-state index in [2.05, 4.69) is 15.5 Å². The minimum absolute atomic E-state index is 0.0687. The average Bonchev–Trinajstić information content (AvgIpc) is 3.30. The molecular formula is C20H21FN4O. The van der Waals surface area contributed by atoms with Crippen LogP contribution in [-0.2, 0) is 10.2 Å². The van der Waals surface area contributed by atoms with Crippen LogP contribution in [0.5, 0.6) is 0 Å². The number of halogens is 1. The lowest BCUT2D eigenvalue weighted by Gasteiger charge is -2.29. The van der Waals surface area contributed by atoms with Gasteiger partial charge in [-0.2, -0.15) is 0 Å². The number of nitrogens with zero attached hydrogens (tertiary/aromatic N) is 3. The Kier molecular flexibility index (Phi) is 4.18. The van der Waals surface area contributed by atoms with Gasteiger partial charge in [0, 0.05) is 6.20 Å². The van der Waals surface area contributed by atoms with E-state index in [0.29, 0.717) is 5.82 Å². The molecule has 134 valence electrons. The highest BCUT2D eigenvalue weighted by Gasteiger charge is 2.43. The summed E-state index contributed by atoms with van der Waals surface area (Å²) >= 11 is 0. The van der Waals surface area contributed by atoms with Crippen molar-refractivity contribution in [2.24, 2.45) is 0 Å². The van der Waals surface area contributed by atoms with Gasteiger partial charge in [-0.15, -0.1) is 10.2 Å². The number of hydrogen-bond acceptors (Lipinski definition) is 3. The van der Waals surface area contributed by atoms with E-state index >= 15 is 0 Å². The first kappa shape index (κ1) is 16.7. The molecule has 0 radical (unpaired) electrons. The number of pyridine rings is 1. The summed E-state index contributed by atoms with van der Waals surface area (Å²) in [7, 11) is 0. The normalized spacial score (nSPS) is 17.3. The molecule has 2 aromatic heterocycles. The number of aromatic nitrogens is 3. The fourth-order valence-corrected chi connectivity index (χ4v) is 3.97. The predicted molar refractivity (Wildman–Crippen MR) is 96.1 cm³/mol. The maximum Gasteiger partial charge on any atom is 0.231 e. The van der Waals surface area contributed by atoms with Gasteiger partial charge in [-0.1, -0.05) is 31.0 Å². The van der Waals surface area contributed by atoms with Gasteiger partial charge >= 0.3 is 0 Å². The Labute approximate surface area is 151 Å². The Bertz CT molecular complexity index is 946. The molecule has 1 N–H and O–H groups in total. The van der Waals surface area contributed by atoms with Crippen LogP contribution in [0.2, 0.25) is 0 Å². The third-order valence-corrected chi connectivity index (χ3v) is 5.34. The second-order valence-electron chi connectivity index (χ2n) is 6.98. The number of rotatable bonds is 4. The van der Waals surface area contributed by atoms with E-state index in [4.69, 9.17) is 0 Å². The van der Waals surface area contributed by atoms with Gasteiger partial charge in [0.2, 0.25) is 5.91 Å². The summed E-state index contributed by atoms with van der Waals surface area (Å²) < 4.78 is 15.6. The molecule has 0 spiro atoms. The first-order valence-corrected chi connectivity index (χ1v) is 8.97. The van der Waals surface area contributed by atoms with Crippen molar-refractivity contribution >= 4 is 11.6 Å². The summed E-state index contributed by atoms with van der Waals surface area (Å²) in [5.74, 6) is 0.306. The molecule has 1 atom stereocenters. The minimum atomic E-state index is -0.670. The van der Waals surface area contributed by atoms with Gasteiger partial charge in [-0.05, 0) is 49.6 Å². The molecule has 26 heavy (non-hydrogen) atoms. The molecule has 1 amide bonds. The van der Waals surface area contributed by atoms with E-state index in [0.717, 1.165) is 36.9 Å². The van der Waals surface area contributed by atoms with Crippen LogP contribution in [0.3, 0.4) is 0 Å². The highest BCUT2D eigenvalue weighted by molar-refractivity contribution is 5.88. The van der Waals surface area contributed by atoms with Crippen molar-refractivity contribution in [1.29, 1.82) is 0 Å². The summed E-state index contributed by atoms with van der Waals surface area (Å²) in [5, 5.41) is 11.5. The standard InChI is InChI=1S/C20H21FN4O/c1-14(18-24-23-17-9-2-5-12-25(17)18)22-19(26)20(10-3-4-11-20)15-7-6-8-16(21)13-15/h2,5-9,12-14H,3-4,10-11H2,1H3,(H,22,26). The van der Waals surface area contributed by atoms with E-state index in [1.165, 1.54) is 12.1 Å². The lowest BCUT2D eigenvalue weighted by atomic mass is 9.77. The molecular weight excluding hydrogens is 331 g/mol. The highest BCUT2D eigenvalue weighted by atomic mass is 19.1. The molecule has 6 heteroatoms. The van der Waals surface area contributed by atoms with Gasteiger partial charge in [0.1, 0.15) is 5.82 Å². The molecule has 5 nitrogen and oxygen atoms in total. The number of carbonyl (C=O) groups excluding carboxylic acids is 1. The molecule has 1 saturated carbocycles. The summed E-state index contributed by atoms with van der Waals surface area (Å²) in [4.78, 5) is 13.2. The molecule has 3 aromatic rings. The first-order valence-electron chi connectivity index (χ1n) is 8.97. The zero-order valence-electron chi connectivity index (χ0n) is 14.7. The molecule has 1 aliphatic carbocycles. The van der Waals surface area contributed by atoms with Gasteiger partial charge in [0.25, 0.3) is 0 Å². The zero-order chi connectivity index (χ0) is 18.1. The average molecular weight is 352 g/mol. The zero-order valence-corrected chi connectivity index (χ0v) is 14.7. The van der Waals surface area contributed by atoms with Crippen LogP contribution in [0.4, 0.5) is 4.39 Å². The molecule has 2 heterocycles. The van der Waals surface area contributed by atoms with Crippen LogP contribution in [0, 0.1) is 5.82 Å². The van der Waals surface area contributed by atoms with Crippen LogP contribution in [0.25, 0.3) is 5.65 Å². The Morgan fingerprint density at radius 3 is 2.77 bits per heavy atom. The van der Waals surface area contributed by atoms with E-state index in [1.807, 2.05) is 41.8 Å². The predicted octanol–water partition coefficient (Wildman–Crippen LogP) is 3.56. The van der Waals surface area contributed by atoms with Crippen LogP contribution in [0.15, 0.2) is 48.7 Å². The summed E-state index contributed by atoms with van der Waals surface area (Å²) in [5.41, 5.74) is 0.826. The number of nitrogens with one attached hydrogen (secondary N) is 1. The Morgan fingerprint density at radius 1 is 1.19 bits per heavy atom. The van der Waals surface area contributed by atoms with Crippen molar-refractivity contribution in [3.05, 3.63) is 65.9 Å². The number of benzene rings is 1. The maximum absolute atomic E-state index is 13.8. The largest absolute Gasteiger partial charge is 0.346 e. The molecule has 4 rings (SSSR count). The van der Waals surface area contributed by atoms with Crippen molar-refractivity contribution in [1.82, 2.24) is 19.9 Å². The van der Waals surface area contributed by atoms with Crippen LogP contribution in [0.1, 0.15) is 50.0 Å². The third kappa shape index (κ3) is 2.75. The molecule has 1 aromatic carbocycles. The van der Waals surface area contributed by atoms with Gasteiger partial charge in [0.15, 0.2) is 11.5 Å². The van der Waals surface area contributed by atoms with Crippen LogP contribution >= 0.6 is 0 Å². The van der Waals surface area contributed by atoms with E-state index in [9.17, 15) is 9.18 Å². The second kappa shape index (κ2) is 6.52. The van der Waals surface area contributed by atoms with Gasteiger partial charge in [0.05, 0.1) is 11.5 Å². The van der Waals surface area contributed by atoms with Gasteiger partial charge in [-0.25, -0.2) is 4.39 Å². The lowest BCUT2D eigenvalue weighted by molar-refractivity contribution is -0.127. The maximum atomic E-state index is 13.8. The minimum Gasteiger partial charge on any atom is -0.346 e. The van der Waals surface area contributed by atoms with Crippen LogP contribution in [-0.4, -0.2) is 20.5 Å². The quantitative estimate of drug-likeness (QED) is 0.781. The molecule has 1 unspecified atom stereocenters. The van der Waals surface area contributed by atoms with Gasteiger partial charge in [-0.3, -0.25) is 9.20 Å². The SMILES string of the molecule is CC(NC(=O)C1(c2cccc(F)c2)CCCC1)c1nnc2ccccn12. The number of hydrogen-bond donors (Lipinski definition) is 1. The van der Waals surface area contributed by atoms with E-state index < -0.39 is 5.41 Å². The number of carbonyl (C=O) groups is 1. The Morgan fingerprint density at radius 2 is 2.00 bits per heavy atom. The van der Waals surface area contributed by atoms with Crippen molar-refractivity contribution in [2.75, 3.05) is 0 Å². The topological polar surface area (TPSA) is 59.3 Å². The van der Waals surface area contributed by atoms with E-state index in [1.54, 1.807) is 6.07 Å². The fraction of sp³-hybridized carbons (Fsp3) is 0.350. The van der Waals surface area contributed by atoms with Crippen molar-refractivity contribution in [3.8, 4) is 0 Å². The smallest absolute Gasteiger partial charge is 0.231 e. The Balaban J connectivity index is 1.63.